The summed E-state index contributed by atoms with van der Waals surface area (Å²) in [6, 6.07) is 14.4. The number of sulfonamides is 1. The van der Waals surface area contributed by atoms with E-state index in [1.165, 1.54) is 21.1 Å². The lowest BCUT2D eigenvalue weighted by Gasteiger charge is -2.32. The van der Waals surface area contributed by atoms with E-state index < -0.39 is 10.0 Å². The lowest BCUT2D eigenvalue weighted by Crippen LogP contribution is -2.40. The molecule has 2 fully saturated rings. The molecule has 2 aromatic carbocycles. The molecule has 2 aliphatic heterocycles. The first-order valence-electron chi connectivity index (χ1n) is 10.8. The van der Waals surface area contributed by atoms with E-state index in [1.807, 2.05) is 23.1 Å². The molecule has 1 unspecified atom stereocenters. The topological polar surface area (TPSA) is 79.8 Å². The van der Waals surface area contributed by atoms with Gasteiger partial charge in [-0.3, -0.25) is 4.79 Å². The van der Waals surface area contributed by atoms with Gasteiger partial charge in [0, 0.05) is 37.7 Å². The summed E-state index contributed by atoms with van der Waals surface area (Å²) in [7, 11) is -3.57. The summed E-state index contributed by atoms with van der Waals surface area (Å²) in [6.07, 6.45) is 1.94. The number of piperidine rings is 1. The highest BCUT2D eigenvalue weighted by Crippen LogP contribution is 2.33. The Balaban J connectivity index is 1.30. The molecule has 1 aromatic heterocycles. The monoisotopic (exact) mass is 471 g/mol. The molecule has 7 nitrogen and oxygen atoms in total. The first-order valence-corrected chi connectivity index (χ1v) is 13.1. The number of amides is 1. The van der Waals surface area contributed by atoms with Gasteiger partial charge in [0.15, 0.2) is 0 Å². The molecule has 0 radical (unpaired) electrons. The summed E-state index contributed by atoms with van der Waals surface area (Å²) in [5.74, 6) is 0.164. The van der Waals surface area contributed by atoms with Gasteiger partial charge in [0.05, 0.1) is 33.3 Å². The number of carbonyl (C=O) groups excluding carboxylic acids is 1. The molecular formula is C23H25N3O4S2. The number of likely N-dealkylation sites (tertiary alicyclic amines) is 1. The zero-order valence-electron chi connectivity index (χ0n) is 17.6. The molecule has 0 saturated carbocycles. The SMILES string of the molecule is O=C(c1ccc(S(=O)(=O)N2CCOCC2)cc1)N1CCCC(c2nc3ccccc3s2)C1. The largest absolute Gasteiger partial charge is 0.379 e. The molecule has 5 rings (SSSR count). The van der Waals surface area contributed by atoms with Crippen LogP contribution in [0.3, 0.4) is 0 Å². The fraction of sp³-hybridized carbons (Fsp3) is 0.391. The van der Waals surface area contributed by atoms with Gasteiger partial charge >= 0.3 is 0 Å². The van der Waals surface area contributed by atoms with Crippen molar-refractivity contribution >= 4 is 37.5 Å². The van der Waals surface area contributed by atoms with Crippen molar-refractivity contribution in [3.8, 4) is 0 Å². The van der Waals surface area contributed by atoms with Crippen LogP contribution < -0.4 is 0 Å². The molecule has 0 bridgehead atoms. The second kappa shape index (κ2) is 8.90. The summed E-state index contributed by atoms with van der Waals surface area (Å²) >= 11 is 1.70. The predicted molar refractivity (Wildman–Crippen MR) is 124 cm³/mol. The third-order valence-electron chi connectivity index (χ3n) is 6.08. The number of nitrogens with zero attached hydrogens (tertiary/aromatic N) is 3. The number of para-hydroxylation sites is 1. The molecule has 0 N–H and O–H groups in total. The van der Waals surface area contributed by atoms with Gasteiger partial charge < -0.3 is 9.64 Å². The van der Waals surface area contributed by atoms with Crippen molar-refractivity contribution in [1.29, 1.82) is 0 Å². The van der Waals surface area contributed by atoms with Crippen LogP contribution >= 0.6 is 11.3 Å². The van der Waals surface area contributed by atoms with Crippen molar-refractivity contribution in [3.63, 3.8) is 0 Å². The minimum absolute atomic E-state index is 0.0638. The van der Waals surface area contributed by atoms with Crippen LogP contribution in [0.1, 0.15) is 34.1 Å². The number of rotatable bonds is 4. The molecular weight excluding hydrogens is 446 g/mol. The van der Waals surface area contributed by atoms with Gasteiger partial charge in [-0.15, -0.1) is 11.3 Å². The van der Waals surface area contributed by atoms with E-state index in [0.29, 0.717) is 45.0 Å². The first kappa shape index (κ1) is 21.5. The van der Waals surface area contributed by atoms with Crippen LogP contribution in [0.2, 0.25) is 0 Å². The number of hydrogen-bond donors (Lipinski definition) is 0. The van der Waals surface area contributed by atoms with Gasteiger partial charge in [-0.2, -0.15) is 4.31 Å². The van der Waals surface area contributed by atoms with Crippen LogP contribution in [-0.2, 0) is 14.8 Å². The predicted octanol–water partition coefficient (Wildman–Crippen LogP) is 3.34. The van der Waals surface area contributed by atoms with Crippen molar-refractivity contribution in [2.24, 2.45) is 0 Å². The molecule has 2 aliphatic rings. The summed E-state index contributed by atoms with van der Waals surface area (Å²) in [5, 5.41) is 1.08. The van der Waals surface area contributed by atoms with Gasteiger partial charge in [0.1, 0.15) is 0 Å². The van der Waals surface area contributed by atoms with E-state index in [0.717, 1.165) is 23.4 Å². The minimum Gasteiger partial charge on any atom is -0.379 e. The maximum Gasteiger partial charge on any atom is 0.253 e. The quantitative estimate of drug-likeness (QED) is 0.583. The lowest BCUT2D eigenvalue weighted by molar-refractivity contribution is 0.0707. The summed E-state index contributed by atoms with van der Waals surface area (Å²) in [5.41, 5.74) is 1.52. The highest BCUT2D eigenvalue weighted by molar-refractivity contribution is 7.89. The number of thiazole rings is 1. The molecule has 32 heavy (non-hydrogen) atoms. The average Bonchev–Trinajstić information content (AvgIpc) is 3.29. The number of benzene rings is 2. The van der Waals surface area contributed by atoms with E-state index in [-0.39, 0.29) is 16.7 Å². The van der Waals surface area contributed by atoms with Crippen molar-refractivity contribution < 1.29 is 17.9 Å². The van der Waals surface area contributed by atoms with Crippen LogP contribution in [0.25, 0.3) is 10.2 Å². The summed E-state index contributed by atoms with van der Waals surface area (Å²) in [6.45, 7) is 2.84. The highest BCUT2D eigenvalue weighted by Gasteiger charge is 2.29. The minimum atomic E-state index is -3.57. The Hall–Kier alpha value is -2.33. The summed E-state index contributed by atoms with van der Waals surface area (Å²) < 4.78 is 33.5. The van der Waals surface area contributed by atoms with Crippen molar-refractivity contribution in [2.75, 3.05) is 39.4 Å². The highest BCUT2D eigenvalue weighted by atomic mass is 32.2. The number of carbonyl (C=O) groups is 1. The fourth-order valence-corrected chi connectivity index (χ4v) is 6.82. The van der Waals surface area contributed by atoms with E-state index >= 15 is 0 Å². The normalized spacial score (nSPS) is 20.5. The number of morpholine rings is 1. The maximum absolute atomic E-state index is 13.1. The van der Waals surface area contributed by atoms with Crippen LogP contribution in [0.4, 0.5) is 0 Å². The second-order valence-corrected chi connectivity index (χ2v) is 11.2. The molecule has 9 heteroatoms. The van der Waals surface area contributed by atoms with Gasteiger partial charge in [-0.25, -0.2) is 13.4 Å². The van der Waals surface area contributed by atoms with E-state index in [1.54, 1.807) is 23.5 Å². The summed E-state index contributed by atoms with van der Waals surface area (Å²) in [4.78, 5) is 20.0. The van der Waals surface area contributed by atoms with E-state index in [2.05, 4.69) is 6.07 Å². The maximum atomic E-state index is 13.1. The fourth-order valence-electron chi connectivity index (χ4n) is 4.32. The lowest BCUT2D eigenvalue weighted by atomic mass is 9.98. The molecule has 0 aliphatic carbocycles. The number of ether oxygens (including phenoxy) is 1. The Morgan fingerprint density at radius 1 is 1.03 bits per heavy atom. The number of fused-ring (bicyclic) bond motifs is 1. The Kier molecular flexibility index (Phi) is 5.98. The molecule has 168 valence electrons. The Morgan fingerprint density at radius 3 is 2.53 bits per heavy atom. The molecule has 0 spiro atoms. The second-order valence-electron chi connectivity index (χ2n) is 8.15. The molecule has 1 amide bonds. The Morgan fingerprint density at radius 2 is 1.78 bits per heavy atom. The zero-order valence-corrected chi connectivity index (χ0v) is 19.3. The van der Waals surface area contributed by atoms with E-state index in [4.69, 9.17) is 9.72 Å². The standard InChI is InChI=1S/C23H25N3O4S2/c27-23(17-7-9-19(10-8-17)32(28,29)26-12-14-30-15-13-26)25-11-3-4-18(16-25)22-24-20-5-1-2-6-21(20)31-22/h1-2,5-10,18H,3-4,11-16H2. The molecule has 3 aromatic rings. The van der Waals surface area contributed by atoms with Crippen molar-refractivity contribution in [3.05, 3.63) is 59.1 Å². The van der Waals surface area contributed by atoms with Gasteiger partial charge in [-0.05, 0) is 49.2 Å². The third kappa shape index (κ3) is 4.17. The van der Waals surface area contributed by atoms with Crippen LogP contribution in [0.5, 0.6) is 0 Å². The molecule has 1 atom stereocenters. The van der Waals surface area contributed by atoms with Gasteiger partial charge in [0.2, 0.25) is 10.0 Å². The van der Waals surface area contributed by atoms with Gasteiger partial charge in [-0.1, -0.05) is 12.1 Å². The van der Waals surface area contributed by atoms with Crippen molar-refractivity contribution in [1.82, 2.24) is 14.2 Å². The van der Waals surface area contributed by atoms with Crippen LogP contribution in [0, 0.1) is 0 Å². The molecule has 2 saturated heterocycles. The zero-order chi connectivity index (χ0) is 22.1. The Labute approximate surface area is 191 Å². The first-order chi connectivity index (χ1) is 15.5. The number of hydrogen-bond acceptors (Lipinski definition) is 6. The third-order valence-corrected chi connectivity index (χ3v) is 9.19. The van der Waals surface area contributed by atoms with E-state index in [9.17, 15) is 13.2 Å². The van der Waals surface area contributed by atoms with Crippen LogP contribution in [-0.4, -0.2) is 67.9 Å². The molecule has 3 heterocycles. The van der Waals surface area contributed by atoms with Crippen molar-refractivity contribution in [2.45, 2.75) is 23.7 Å². The Bertz CT molecular complexity index is 1180. The number of aromatic nitrogens is 1. The van der Waals surface area contributed by atoms with Crippen LogP contribution in [0.15, 0.2) is 53.4 Å². The average molecular weight is 472 g/mol. The smallest absolute Gasteiger partial charge is 0.253 e. The van der Waals surface area contributed by atoms with Gasteiger partial charge in [0.25, 0.3) is 5.91 Å².